The predicted molar refractivity (Wildman–Crippen MR) is 95.5 cm³/mol. The third-order valence-corrected chi connectivity index (χ3v) is 3.71. The van der Waals surface area contributed by atoms with Crippen molar-refractivity contribution in [3.05, 3.63) is 71.3 Å². The number of carbonyl (C=O) groups is 2. The molecule has 0 aliphatic rings. The van der Waals surface area contributed by atoms with E-state index in [2.05, 4.69) is 10.1 Å². The van der Waals surface area contributed by atoms with Gasteiger partial charge in [-0.2, -0.15) is 5.26 Å². The summed E-state index contributed by atoms with van der Waals surface area (Å²) in [6.07, 6.45) is 1.43. The molecule has 0 aliphatic heterocycles. The number of hydrogen-bond acceptors (Lipinski definition) is 4. The van der Waals surface area contributed by atoms with Crippen LogP contribution in [0.3, 0.4) is 0 Å². The molecule has 25 heavy (non-hydrogen) atoms. The molecule has 1 atom stereocenters. The van der Waals surface area contributed by atoms with Crippen LogP contribution in [0.5, 0.6) is 0 Å². The summed E-state index contributed by atoms with van der Waals surface area (Å²) in [4.78, 5) is 23.7. The van der Waals surface area contributed by atoms with Crippen molar-refractivity contribution in [2.24, 2.45) is 0 Å². The number of rotatable bonds is 5. The van der Waals surface area contributed by atoms with E-state index in [9.17, 15) is 9.59 Å². The molecular weight excluding hydrogens is 316 g/mol. The lowest BCUT2D eigenvalue weighted by Crippen LogP contribution is -2.18. The first-order chi connectivity index (χ1) is 12.0. The summed E-state index contributed by atoms with van der Waals surface area (Å²) in [6.45, 7) is 1.84. The molecule has 0 spiro atoms. The third kappa shape index (κ3) is 4.79. The maximum absolute atomic E-state index is 12.3. The summed E-state index contributed by atoms with van der Waals surface area (Å²) in [5.74, 6) is -1.07. The van der Waals surface area contributed by atoms with Gasteiger partial charge < -0.3 is 10.1 Å². The summed E-state index contributed by atoms with van der Waals surface area (Å²) in [6, 6.07) is 18.2. The van der Waals surface area contributed by atoms with Gasteiger partial charge >= 0.3 is 5.97 Å². The van der Waals surface area contributed by atoms with E-state index in [1.165, 1.54) is 13.2 Å². The normalized spacial score (nSPS) is 12.0. The van der Waals surface area contributed by atoms with Gasteiger partial charge in [0.1, 0.15) is 11.6 Å². The van der Waals surface area contributed by atoms with Crippen molar-refractivity contribution in [1.82, 2.24) is 0 Å². The molecule has 1 amide bonds. The highest BCUT2D eigenvalue weighted by Crippen LogP contribution is 2.18. The molecule has 0 unspecified atom stereocenters. The Bertz CT molecular complexity index is 818. The molecule has 126 valence electrons. The Morgan fingerprint density at radius 1 is 1.12 bits per heavy atom. The van der Waals surface area contributed by atoms with E-state index in [1.807, 2.05) is 37.3 Å². The molecule has 0 saturated carbocycles. The number of benzene rings is 2. The number of esters is 1. The molecule has 2 rings (SSSR count). The number of hydrogen-bond donors (Lipinski definition) is 1. The SMILES string of the molecule is COC(=O)/C(C#N)=C/c1ccc(NC(=O)[C@H](C)c2ccccc2)cc1. The highest BCUT2D eigenvalue weighted by Gasteiger charge is 2.15. The first kappa shape index (κ1) is 18.0. The van der Waals surface area contributed by atoms with Crippen LogP contribution in [0.25, 0.3) is 6.08 Å². The molecule has 0 aromatic heterocycles. The van der Waals surface area contributed by atoms with Crippen LogP contribution in [-0.2, 0) is 14.3 Å². The van der Waals surface area contributed by atoms with Gasteiger partial charge in [0.2, 0.25) is 5.91 Å². The quantitative estimate of drug-likeness (QED) is 0.515. The van der Waals surface area contributed by atoms with Crippen molar-refractivity contribution in [2.45, 2.75) is 12.8 Å². The Kier molecular flexibility index (Phi) is 6.08. The summed E-state index contributed by atoms with van der Waals surface area (Å²) in [7, 11) is 1.22. The number of nitriles is 1. The van der Waals surface area contributed by atoms with Crippen molar-refractivity contribution in [3.63, 3.8) is 0 Å². The maximum Gasteiger partial charge on any atom is 0.348 e. The molecule has 0 bridgehead atoms. The third-order valence-electron chi connectivity index (χ3n) is 3.71. The average molecular weight is 334 g/mol. The zero-order chi connectivity index (χ0) is 18.2. The van der Waals surface area contributed by atoms with Gasteiger partial charge in [0.25, 0.3) is 0 Å². The standard InChI is InChI=1S/C20H18N2O3/c1-14(16-6-4-3-5-7-16)19(23)22-18-10-8-15(9-11-18)12-17(13-21)20(24)25-2/h3-12,14H,1-2H3,(H,22,23)/b17-12+/t14-/m1/s1. The van der Waals surface area contributed by atoms with Crippen molar-refractivity contribution >= 4 is 23.6 Å². The molecule has 0 fully saturated rings. The fraction of sp³-hybridized carbons (Fsp3) is 0.150. The minimum atomic E-state index is -0.684. The Labute approximate surface area is 146 Å². The number of ether oxygens (including phenoxy) is 1. The van der Waals surface area contributed by atoms with Crippen molar-refractivity contribution in [2.75, 3.05) is 12.4 Å². The minimum absolute atomic E-state index is 0.0861. The maximum atomic E-state index is 12.3. The van der Waals surface area contributed by atoms with E-state index in [1.54, 1.807) is 30.3 Å². The highest BCUT2D eigenvalue weighted by molar-refractivity contribution is 5.98. The monoisotopic (exact) mass is 334 g/mol. The number of anilines is 1. The summed E-state index contributed by atoms with van der Waals surface area (Å²) < 4.78 is 4.53. The van der Waals surface area contributed by atoms with Crippen molar-refractivity contribution in [3.8, 4) is 6.07 Å². The molecule has 0 saturated heterocycles. The van der Waals surface area contributed by atoms with Crippen molar-refractivity contribution in [1.29, 1.82) is 5.26 Å². The molecule has 0 aliphatic carbocycles. The number of nitrogens with zero attached hydrogens (tertiary/aromatic N) is 1. The van der Waals surface area contributed by atoms with E-state index in [0.29, 0.717) is 11.3 Å². The molecule has 0 radical (unpaired) electrons. The van der Waals surface area contributed by atoms with Gasteiger partial charge in [-0.05, 0) is 36.3 Å². The molecular formula is C20H18N2O3. The fourth-order valence-electron chi connectivity index (χ4n) is 2.22. The second-order valence-corrected chi connectivity index (χ2v) is 5.41. The summed E-state index contributed by atoms with van der Waals surface area (Å²) in [5, 5.41) is 11.8. The smallest absolute Gasteiger partial charge is 0.348 e. The molecule has 5 nitrogen and oxygen atoms in total. The van der Waals surface area contributed by atoms with Gasteiger partial charge in [-0.15, -0.1) is 0 Å². The summed E-state index contributed by atoms with van der Waals surface area (Å²) in [5.41, 5.74) is 2.16. The van der Waals surface area contributed by atoms with Crippen LogP contribution in [0, 0.1) is 11.3 Å². The lowest BCUT2D eigenvalue weighted by molar-refractivity contribution is -0.135. The van der Waals surface area contributed by atoms with E-state index in [-0.39, 0.29) is 17.4 Å². The Morgan fingerprint density at radius 3 is 2.32 bits per heavy atom. The fourth-order valence-corrected chi connectivity index (χ4v) is 2.22. The zero-order valence-electron chi connectivity index (χ0n) is 14.0. The second kappa shape index (κ2) is 8.46. The van der Waals surface area contributed by atoms with Gasteiger partial charge in [0.05, 0.1) is 13.0 Å². The molecule has 5 heteroatoms. The number of methoxy groups -OCH3 is 1. The lowest BCUT2D eigenvalue weighted by Gasteiger charge is -2.12. The van der Waals surface area contributed by atoms with Crippen LogP contribution in [-0.4, -0.2) is 19.0 Å². The summed E-state index contributed by atoms with van der Waals surface area (Å²) >= 11 is 0. The molecule has 2 aromatic carbocycles. The predicted octanol–water partition coefficient (Wildman–Crippen LogP) is 3.51. The largest absolute Gasteiger partial charge is 0.465 e. The molecule has 2 aromatic rings. The first-order valence-corrected chi connectivity index (χ1v) is 7.71. The van der Waals surface area contributed by atoms with Crippen LogP contribution in [0.2, 0.25) is 0 Å². The lowest BCUT2D eigenvalue weighted by atomic mass is 10.0. The van der Waals surface area contributed by atoms with E-state index in [4.69, 9.17) is 5.26 Å². The van der Waals surface area contributed by atoms with Crippen LogP contribution in [0.1, 0.15) is 24.0 Å². The first-order valence-electron chi connectivity index (χ1n) is 7.71. The van der Waals surface area contributed by atoms with Gasteiger partial charge in [0.15, 0.2) is 0 Å². The van der Waals surface area contributed by atoms with Crippen molar-refractivity contribution < 1.29 is 14.3 Å². The van der Waals surface area contributed by atoms with E-state index >= 15 is 0 Å². The van der Waals surface area contributed by atoms with E-state index < -0.39 is 5.97 Å². The topological polar surface area (TPSA) is 79.2 Å². The average Bonchev–Trinajstić information content (AvgIpc) is 2.66. The minimum Gasteiger partial charge on any atom is -0.465 e. The van der Waals surface area contributed by atoms with Gasteiger partial charge in [0, 0.05) is 5.69 Å². The number of nitrogens with one attached hydrogen (secondary N) is 1. The number of amides is 1. The Hall–Kier alpha value is -3.39. The van der Waals surface area contributed by atoms with Crippen LogP contribution >= 0.6 is 0 Å². The van der Waals surface area contributed by atoms with E-state index in [0.717, 1.165) is 5.56 Å². The van der Waals surface area contributed by atoms with Crippen LogP contribution in [0.4, 0.5) is 5.69 Å². The van der Waals surface area contributed by atoms with Crippen LogP contribution < -0.4 is 5.32 Å². The Morgan fingerprint density at radius 2 is 1.76 bits per heavy atom. The van der Waals surface area contributed by atoms with Gasteiger partial charge in [-0.1, -0.05) is 42.5 Å². The zero-order valence-corrected chi connectivity index (χ0v) is 14.0. The Balaban J connectivity index is 2.08. The highest BCUT2D eigenvalue weighted by atomic mass is 16.5. The van der Waals surface area contributed by atoms with Gasteiger partial charge in [-0.25, -0.2) is 4.79 Å². The molecule has 1 N–H and O–H groups in total. The number of carbonyl (C=O) groups excluding carboxylic acids is 2. The van der Waals surface area contributed by atoms with Crippen LogP contribution in [0.15, 0.2) is 60.2 Å². The molecule has 0 heterocycles. The van der Waals surface area contributed by atoms with Gasteiger partial charge in [-0.3, -0.25) is 4.79 Å². The second-order valence-electron chi connectivity index (χ2n) is 5.41.